The molecule has 0 aromatic carbocycles. The summed E-state index contributed by atoms with van der Waals surface area (Å²) in [6, 6.07) is 1.63. The van der Waals surface area contributed by atoms with Crippen molar-refractivity contribution in [2.75, 3.05) is 11.5 Å². The van der Waals surface area contributed by atoms with Crippen molar-refractivity contribution in [2.24, 2.45) is 0 Å². The standard InChI is InChI=1S/C14H18N2O3S/c1-3-20-9-10(2)16-14(19)12-6-7-15-8-11(12)4-5-13(17)18/h4-8,10H,3,9H2,1-2H3,(H,16,19)(H,17,18)/b5-4+. The minimum atomic E-state index is -1.06. The van der Waals surface area contributed by atoms with Crippen LogP contribution in [0.5, 0.6) is 0 Å². The minimum Gasteiger partial charge on any atom is -0.478 e. The van der Waals surface area contributed by atoms with E-state index in [1.54, 1.807) is 17.8 Å². The molecule has 6 heteroatoms. The van der Waals surface area contributed by atoms with Gasteiger partial charge in [-0.1, -0.05) is 6.92 Å². The van der Waals surface area contributed by atoms with Crippen molar-refractivity contribution in [3.8, 4) is 0 Å². The summed E-state index contributed by atoms with van der Waals surface area (Å²) >= 11 is 1.75. The molecule has 0 fully saturated rings. The number of carboxylic acids is 1. The Hall–Kier alpha value is -1.82. The number of pyridine rings is 1. The number of hydrogen-bond donors (Lipinski definition) is 2. The molecule has 2 N–H and O–H groups in total. The van der Waals surface area contributed by atoms with Crippen LogP contribution in [0.3, 0.4) is 0 Å². The van der Waals surface area contributed by atoms with Gasteiger partial charge in [0, 0.05) is 41.4 Å². The fraction of sp³-hybridized carbons (Fsp3) is 0.357. The topological polar surface area (TPSA) is 79.3 Å². The highest BCUT2D eigenvalue weighted by Gasteiger charge is 2.12. The Morgan fingerprint density at radius 2 is 2.30 bits per heavy atom. The van der Waals surface area contributed by atoms with Crippen LogP contribution in [-0.4, -0.2) is 39.5 Å². The molecule has 0 saturated carbocycles. The summed E-state index contributed by atoms with van der Waals surface area (Å²) in [4.78, 5) is 26.6. The number of hydrogen-bond acceptors (Lipinski definition) is 4. The smallest absolute Gasteiger partial charge is 0.328 e. The second kappa shape index (κ2) is 8.37. The molecule has 1 rings (SSSR count). The molecule has 0 aliphatic heterocycles. The van der Waals surface area contributed by atoms with Crippen LogP contribution in [0.2, 0.25) is 0 Å². The molecule has 0 aliphatic rings. The quantitative estimate of drug-likeness (QED) is 0.752. The van der Waals surface area contributed by atoms with Crippen molar-refractivity contribution in [1.82, 2.24) is 10.3 Å². The predicted octanol–water partition coefficient (Wildman–Crippen LogP) is 2.05. The molecule has 1 heterocycles. The van der Waals surface area contributed by atoms with Crippen LogP contribution < -0.4 is 5.32 Å². The van der Waals surface area contributed by atoms with E-state index in [4.69, 9.17) is 5.11 Å². The highest BCUT2D eigenvalue weighted by molar-refractivity contribution is 7.99. The predicted molar refractivity (Wildman–Crippen MR) is 80.8 cm³/mol. The van der Waals surface area contributed by atoms with Crippen molar-refractivity contribution in [3.63, 3.8) is 0 Å². The summed E-state index contributed by atoms with van der Waals surface area (Å²) in [6.07, 6.45) is 5.35. The molecule has 1 atom stereocenters. The Bertz CT molecular complexity index is 503. The Morgan fingerprint density at radius 1 is 1.55 bits per heavy atom. The molecular formula is C14H18N2O3S. The van der Waals surface area contributed by atoms with E-state index in [0.717, 1.165) is 17.6 Å². The molecule has 5 nitrogen and oxygen atoms in total. The van der Waals surface area contributed by atoms with Crippen LogP contribution in [0.25, 0.3) is 6.08 Å². The van der Waals surface area contributed by atoms with Gasteiger partial charge in [0.05, 0.1) is 0 Å². The summed E-state index contributed by atoms with van der Waals surface area (Å²) in [5, 5.41) is 11.5. The normalized spacial score (nSPS) is 12.3. The number of carbonyl (C=O) groups excluding carboxylic acids is 1. The van der Waals surface area contributed by atoms with Gasteiger partial charge in [-0.25, -0.2) is 4.79 Å². The molecule has 1 aromatic heterocycles. The van der Waals surface area contributed by atoms with Crippen molar-refractivity contribution in [3.05, 3.63) is 35.7 Å². The Labute approximate surface area is 122 Å². The van der Waals surface area contributed by atoms with Crippen molar-refractivity contribution >= 4 is 29.7 Å². The summed E-state index contributed by atoms with van der Waals surface area (Å²) < 4.78 is 0. The summed E-state index contributed by atoms with van der Waals surface area (Å²) in [7, 11) is 0. The van der Waals surface area contributed by atoms with Crippen LogP contribution in [-0.2, 0) is 4.79 Å². The van der Waals surface area contributed by atoms with Crippen LogP contribution in [0.1, 0.15) is 29.8 Å². The van der Waals surface area contributed by atoms with E-state index >= 15 is 0 Å². The van der Waals surface area contributed by atoms with Crippen molar-refractivity contribution < 1.29 is 14.7 Å². The number of carbonyl (C=O) groups is 2. The van der Waals surface area contributed by atoms with Gasteiger partial charge < -0.3 is 10.4 Å². The highest BCUT2D eigenvalue weighted by Crippen LogP contribution is 2.10. The lowest BCUT2D eigenvalue weighted by Crippen LogP contribution is -2.34. The summed E-state index contributed by atoms with van der Waals surface area (Å²) in [5.41, 5.74) is 0.911. The molecule has 0 bridgehead atoms. The largest absolute Gasteiger partial charge is 0.478 e. The van der Waals surface area contributed by atoms with E-state index in [0.29, 0.717) is 11.1 Å². The van der Waals surface area contributed by atoms with E-state index in [1.165, 1.54) is 18.5 Å². The van der Waals surface area contributed by atoms with Gasteiger partial charge in [-0.05, 0) is 24.8 Å². The van der Waals surface area contributed by atoms with E-state index < -0.39 is 5.97 Å². The lowest BCUT2D eigenvalue weighted by molar-refractivity contribution is -0.131. The maximum atomic E-state index is 12.2. The Morgan fingerprint density at radius 3 is 2.95 bits per heavy atom. The van der Waals surface area contributed by atoms with Gasteiger partial charge in [0.2, 0.25) is 0 Å². The van der Waals surface area contributed by atoms with E-state index in [1.807, 2.05) is 6.92 Å². The van der Waals surface area contributed by atoms with E-state index in [-0.39, 0.29) is 11.9 Å². The number of nitrogens with one attached hydrogen (secondary N) is 1. The Balaban J connectivity index is 2.79. The zero-order valence-corrected chi connectivity index (χ0v) is 12.3. The van der Waals surface area contributed by atoms with Gasteiger partial charge in [-0.3, -0.25) is 9.78 Å². The van der Waals surface area contributed by atoms with Gasteiger partial charge in [-0.2, -0.15) is 11.8 Å². The third-order valence-electron chi connectivity index (χ3n) is 2.45. The second-order valence-corrected chi connectivity index (χ2v) is 5.49. The minimum absolute atomic E-state index is 0.0527. The first-order valence-electron chi connectivity index (χ1n) is 6.28. The highest BCUT2D eigenvalue weighted by atomic mass is 32.2. The van der Waals surface area contributed by atoms with Gasteiger partial charge in [-0.15, -0.1) is 0 Å². The third kappa shape index (κ3) is 5.44. The van der Waals surface area contributed by atoms with Crippen LogP contribution in [0.15, 0.2) is 24.5 Å². The number of carboxylic acid groups (broad SMARTS) is 1. The van der Waals surface area contributed by atoms with Gasteiger partial charge in [0.1, 0.15) is 0 Å². The number of nitrogens with zero attached hydrogens (tertiary/aromatic N) is 1. The van der Waals surface area contributed by atoms with Crippen molar-refractivity contribution in [1.29, 1.82) is 0 Å². The molecule has 1 amide bonds. The van der Waals surface area contributed by atoms with E-state index in [9.17, 15) is 9.59 Å². The summed E-state index contributed by atoms with van der Waals surface area (Å²) in [6.45, 7) is 4.01. The lowest BCUT2D eigenvalue weighted by atomic mass is 10.1. The molecule has 0 spiro atoms. The zero-order chi connectivity index (χ0) is 15.0. The molecule has 0 aliphatic carbocycles. The average molecular weight is 294 g/mol. The monoisotopic (exact) mass is 294 g/mol. The second-order valence-electron chi connectivity index (χ2n) is 4.17. The molecule has 108 valence electrons. The van der Waals surface area contributed by atoms with E-state index in [2.05, 4.69) is 17.2 Å². The number of rotatable bonds is 7. The van der Waals surface area contributed by atoms with Gasteiger partial charge >= 0.3 is 5.97 Å². The van der Waals surface area contributed by atoms with Crippen LogP contribution >= 0.6 is 11.8 Å². The molecule has 1 aromatic rings. The fourth-order valence-electron chi connectivity index (χ4n) is 1.55. The molecule has 0 saturated heterocycles. The number of aliphatic carboxylic acids is 1. The van der Waals surface area contributed by atoms with Crippen molar-refractivity contribution in [2.45, 2.75) is 19.9 Å². The average Bonchev–Trinajstić information content (AvgIpc) is 2.43. The maximum absolute atomic E-state index is 12.2. The fourth-order valence-corrected chi connectivity index (χ4v) is 2.22. The van der Waals surface area contributed by atoms with Gasteiger partial charge in [0.15, 0.2) is 0 Å². The summed E-state index contributed by atoms with van der Waals surface area (Å²) in [5.74, 6) is 0.560. The van der Waals surface area contributed by atoms with Gasteiger partial charge in [0.25, 0.3) is 5.91 Å². The SMILES string of the molecule is CCSCC(C)NC(=O)c1ccncc1/C=C/C(=O)O. The molecule has 20 heavy (non-hydrogen) atoms. The maximum Gasteiger partial charge on any atom is 0.328 e. The Kier molecular flexibility index (Phi) is 6.79. The molecule has 0 radical (unpaired) electrons. The first-order chi connectivity index (χ1) is 9.54. The lowest BCUT2D eigenvalue weighted by Gasteiger charge is -2.14. The van der Waals surface area contributed by atoms with Crippen LogP contribution in [0.4, 0.5) is 0 Å². The molecule has 1 unspecified atom stereocenters. The first kappa shape index (κ1) is 16.2. The number of thioether (sulfide) groups is 1. The third-order valence-corrected chi connectivity index (χ3v) is 3.60. The first-order valence-corrected chi connectivity index (χ1v) is 7.43. The van der Waals surface area contributed by atoms with Crippen LogP contribution in [0, 0.1) is 0 Å². The number of aromatic nitrogens is 1. The zero-order valence-electron chi connectivity index (χ0n) is 11.5. The number of amides is 1. The molecular weight excluding hydrogens is 276 g/mol.